The minimum Gasteiger partial charge on any atom is -0.307 e. The van der Waals surface area contributed by atoms with E-state index in [4.69, 9.17) is 5.41 Å². The molecule has 2 heteroatoms. The van der Waals surface area contributed by atoms with Crippen molar-refractivity contribution in [1.29, 1.82) is 5.41 Å². The Kier molecular flexibility index (Phi) is 8.85. The van der Waals surface area contributed by atoms with E-state index in [0.29, 0.717) is 0 Å². The maximum absolute atomic E-state index is 7.43. The van der Waals surface area contributed by atoms with Crippen molar-refractivity contribution in [2.75, 3.05) is 0 Å². The van der Waals surface area contributed by atoms with Gasteiger partial charge in [-0.05, 0) is 25.0 Å². The van der Waals surface area contributed by atoms with E-state index in [0.717, 1.165) is 22.4 Å². The summed E-state index contributed by atoms with van der Waals surface area (Å²) in [6.45, 7) is 12.0. The summed E-state index contributed by atoms with van der Waals surface area (Å²) in [4.78, 5) is 2.17. The van der Waals surface area contributed by atoms with Crippen LogP contribution in [0.3, 0.4) is 0 Å². The van der Waals surface area contributed by atoms with Crippen LogP contribution in [0.5, 0.6) is 0 Å². The van der Waals surface area contributed by atoms with Gasteiger partial charge in [0.05, 0.1) is 4.88 Å². The first kappa shape index (κ1) is 16.6. The van der Waals surface area contributed by atoms with E-state index in [2.05, 4.69) is 31.7 Å². The predicted octanol–water partition coefficient (Wildman–Crippen LogP) is 5.87. The number of nitrogens with one attached hydrogen (secondary N) is 1. The number of hydrogen-bond acceptors (Lipinski definition) is 2. The van der Waals surface area contributed by atoms with E-state index in [1.807, 2.05) is 32.9 Å². The quantitative estimate of drug-likeness (QED) is 0.641. The van der Waals surface area contributed by atoms with Gasteiger partial charge in [-0.3, -0.25) is 0 Å². The van der Waals surface area contributed by atoms with Crippen LogP contribution in [0, 0.1) is 5.41 Å². The Morgan fingerprint density at radius 2 is 1.83 bits per heavy atom. The molecule has 0 aliphatic carbocycles. The molecule has 0 saturated carbocycles. The first-order valence-electron chi connectivity index (χ1n) is 6.37. The van der Waals surface area contributed by atoms with Crippen molar-refractivity contribution in [2.24, 2.45) is 0 Å². The van der Waals surface area contributed by atoms with Gasteiger partial charge in [0.2, 0.25) is 0 Å². The summed E-state index contributed by atoms with van der Waals surface area (Å²) in [5.74, 6) is 0. The zero-order chi connectivity index (χ0) is 14.0. The molecule has 1 nitrogen and oxygen atoms in total. The van der Waals surface area contributed by atoms with Crippen LogP contribution >= 0.6 is 11.3 Å². The van der Waals surface area contributed by atoms with Crippen molar-refractivity contribution >= 4 is 35.8 Å². The lowest BCUT2D eigenvalue weighted by molar-refractivity contribution is 1.23. The van der Waals surface area contributed by atoms with Crippen LogP contribution in [-0.4, -0.2) is 6.21 Å². The highest BCUT2D eigenvalue weighted by Gasteiger charge is 2.10. The lowest BCUT2D eigenvalue weighted by atomic mass is 10.1. The van der Waals surface area contributed by atoms with Gasteiger partial charge in [-0.15, -0.1) is 11.3 Å². The van der Waals surface area contributed by atoms with Crippen LogP contribution < -0.4 is 0 Å². The third kappa shape index (κ3) is 4.11. The normalized spacial score (nSPS) is 10.4. The van der Waals surface area contributed by atoms with E-state index in [1.165, 1.54) is 11.1 Å². The van der Waals surface area contributed by atoms with E-state index >= 15 is 0 Å². The summed E-state index contributed by atoms with van der Waals surface area (Å²) < 4.78 is 0. The first-order valence-corrected chi connectivity index (χ1v) is 7.19. The molecule has 0 radical (unpaired) electrons. The molecule has 0 aliphatic rings. The van der Waals surface area contributed by atoms with Crippen molar-refractivity contribution in [3.63, 3.8) is 0 Å². The van der Waals surface area contributed by atoms with Crippen LogP contribution in [0.25, 0.3) is 18.2 Å². The van der Waals surface area contributed by atoms with Gasteiger partial charge in [0.15, 0.2) is 0 Å². The molecule has 0 unspecified atom stereocenters. The number of rotatable bonds is 5. The van der Waals surface area contributed by atoms with Crippen LogP contribution in [0.1, 0.15) is 55.0 Å². The van der Waals surface area contributed by atoms with Crippen LogP contribution in [-0.2, 0) is 0 Å². The second-order valence-electron chi connectivity index (χ2n) is 3.32. The molecule has 0 atom stereocenters. The van der Waals surface area contributed by atoms with Crippen molar-refractivity contribution in [3.05, 3.63) is 39.6 Å². The van der Waals surface area contributed by atoms with Crippen LogP contribution in [0.4, 0.5) is 0 Å². The molecule has 0 aliphatic heterocycles. The van der Waals surface area contributed by atoms with Gasteiger partial charge in [0.25, 0.3) is 0 Å². The maximum atomic E-state index is 7.43. The van der Waals surface area contributed by atoms with Gasteiger partial charge in [0.1, 0.15) is 0 Å². The van der Waals surface area contributed by atoms with Crippen molar-refractivity contribution in [2.45, 2.75) is 34.1 Å². The Hall–Kier alpha value is -1.41. The molecule has 18 heavy (non-hydrogen) atoms. The molecular weight excluding hydrogens is 238 g/mol. The first-order chi connectivity index (χ1) is 8.78. The highest BCUT2D eigenvalue weighted by Crippen LogP contribution is 2.30. The van der Waals surface area contributed by atoms with Gasteiger partial charge in [-0.25, -0.2) is 0 Å². The monoisotopic (exact) mass is 261 g/mol. The second-order valence-corrected chi connectivity index (χ2v) is 4.40. The van der Waals surface area contributed by atoms with Gasteiger partial charge >= 0.3 is 0 Å². The second kappa shape index (κ2) is 9.60. The van der Waals surface area contributed by atoms with Gasteiger partial charge in [-0.1, -0.05) is 51.7 Å². The molecule has 1 N–H and O–H groups in total. The van der Waals surface area contributed by atoms with E-state index in [9.17, 15) is 0 Å². The minimum atomic E-state index is 0.993. The highest BCUT2D eigenvalue weighted by molar-refractivity contribution is 7.15. The van der Waals surface area contributed by atoms with Crippen molar-refractivity contribution in [1.82, 2.24) is 0 Å². The van der Waals surface area contributed by atoms with Crippen molar-refractivity contribution in [3.8, 4) is 0 Å². The average molecular weight is 261 g/mol. The Balaban J connectivity index is 0.00000137. The number of thiophene rings is 1. The molecule has 0 saturated heterocycles. The summed E-state index contributed by atoms with van der Waals surface area (Å²) in [5.41, 5.74) is 2.25. The fraction of sp³-hybridized carbons (Fsp3) is 0.312. The summed E-state index contributed by atoms with van der Waals surface area (Å²) in [6.07, 6.45) is 12.6. The fourth-order valence-corrected chi connectivity index (χ4v) is 2.59. The fourth-order valence-electron chi connectivity index (χ4n) is 1.49. The molecule has 1 aromatic heterocycles. The molecular formula is C16H23NS. The third-order valence-electron chi connectivity index (χ3n) is 2.21. The SMILES string of the molecule is C=Cc1c(/C=C\C)sc(C=N)c1/C=C\CC.CC. The summed E-state index contributed by atoms with van der Waals surface area (Å²) in [7, 11) is 0. The molecule has 0 bridgehead atoms. The molecule has 0 aromatic carbocycles. The standard InChI is InChI=1S/C14H17NS.C2H6/c1-4-7-9-12-11(6-3)13(8-5-2)16-14(12)10-15;1-2/h5-10,15H,3-4H2,1-2H3;1-2H3/b8-5-,9-7-,15-10?;. The average Bonchev–Trinajstić information content (AvgIpc) is 2.76. The Morgan fingerprint density at radius 3 is 2.28 bits per heavy atom. The zero-order valence-corrected chi connectivity index (χ0v) is 12.6. The molecule has 1 heterocycles. The molecule has 98 valence electrons. The Bertz CT molecular complexity index is 436. The largest absolute Gasteiger partial charge is 0.307 e. The number of allylic oxidation sites excluding steroid dienone is 2. The molecule has 1 aromatic rings. The molecule has 0 fully saturated rings. The Labute approximate surface area is 115 Å². The van der Waals surface area contributed by atoms with Crippen molar-refractivity contribution < 1.29 is 0 Å². The zero-order valence-electron chi connectivity index (χ0n) is 11.8. The van der Waals surface area contributed by atoms with Crippen LogP contribution in [0.15, 0.2) is 18.7 Å². The van der Waals surface area contributed by atoms with Crippen LogP contribution in [0.2, 0.25) is 0 Å². The van der Waals surface area contributed by atoms with Gasteiger partial charge in [-0.2, -0.15) is 0 Å². The lowest BCUT2D eigenvalue weighted by Gasteiger charge is -1.95. The molecule has 0 amide bonds. The summed E-state index contributed by atoms with van der Waals surface area (Å²) >= 11 is 1.63. The topological polar surface area (TPSA) is 23.9 Å². The highest BCUT2D eigenvalue weighted by atomic mass is 32.1. The maximum Gasteiger partial charge on any atom is 0.0530 e. The summed E-state index contributed by atoms with van der Waals surface area (Å²) in [6, 6.07) is 0. The molecule has 1 rings (SSSR count). The van der Waals surface area contributed by atoms with E-state index < -0.39 is 0 Å². The predicted molar refractivity (Wildman–Crippen MR) is 87.7 cm³/mol. The van der Waals surface area contributed by atoms with Gasteiger partial charge < -0.3 is 5.41 Å². The lowest BCUT2D eigenvalue weighted by Crippen LogP contribution is -1.80. The minimum absolute atomic E-state index is 0.993. The van der Waals surface area contributed by atoms with E-state index in [-0.39, 0.29) is 0 Å². The van der Waals surface area contributed by atoms with Gasteiger partial charge in [0, 0.05) is 16.7 Å². The van der Waals surface area contributed by atoms with E-state index in [1.54, 1.807) is 11.3 Å². The summed E-state index contributed by atoms with van der Waals surface area (Å²) in [5, 5.41) is 7.43. The smallest absolute Gasteiger partial charge is 0.0530 e. The number of hydrogen-bond donors (Lipinski definition) is 1. The third-order valence-corrected chi connectivity index (χ3v) is 3.35. The molecule has 0 spiro atoms. The Morgan fingerprint density at radius 1 is 1.17 bits per heavy atom.